The first kappa shape index (κ1) is 22.2. The predicted octanol–water partition coefficient (Wildman–Crippen LogP) is 4.46. The topological polar surface area (TPSA) is 67.9 Å². The average molecular weight is 421 g/mol. The van der Waals surface area contributed by atoms with Gasteiger partial charge in [0, 0.05) is 30.4 Å². The lowest BCUT2D eigenvalue weighted by Gasteiger charge is -2.18. The van der Waals surface area contributed by atoms with Crippen molar-refractivity contribution in [1.82, 2.24) is 4.90 Å². The molecule has 0 saturated carbocycles. The summed E-state index contributed by atoms with van der Waals surface area (Å²) in [6.45, 7) is 7.45. The van der Waals surface area contributed by atoms with Crippen molar-refractivity contribution in [2.45, 2.75) is 19.8 Å². The SMILES string of the molecule is C=CCOc1ccc(/C=C/C(=O)Nc2cccc(C(=O)N3CCCC3)c2C)cc1OC. The highest BCUT2D eigenvalue weighted by Gasteiger charge is 2.21. The second kappa shape index (κ2) is 10.5. The van der Waals surface area contributed by atoms with Gasteiger partial charge in [0.1, 0.15) is 6.61 Å². The number of benzene rings is 2. The molecular weight excluding hydrogens is 392 g/mol. The molecule has 0 bridgehead atoms. The average Bonchev–Trinajstić information content (AvgIpc) is 3.32. The molecule has 0 atom stereocenters. The van der Waals surface area contributed by atoms with Gasteiger partial charge in [0.05, 0.1) is 7.11 Å². The van der Waals surface area contributed by atoms with Crippen LogP contribution in [0.5, 0.6) is 11.5 Å². The molecule has 0 radical (unpaired) electrons. The first-order chi connectivity index (χ1) is 15.0. The van der Waals surface area contributed by atoms with Gasteiger partial charge in [-0.2, -0.15) is 0 Å². The normalized spacial score (nSPS) is 13.3. The minimum absolute atomic E-state index is 0.0208. The summed E-state index contributed by atoms with van der Waals surface area (Å²) < 4.78 is 10.9. The number of nitrogens with one attached hydrogen (secondary N) is 1. The number of amides is 2. The number of methoxy groups -OCH3 is 1. The Bertz CT molecular complexity index is 991. The van der Waals surface area contributed by atoms with Crippen molar-refractivity contribution in [3.05, 3.63) is 71.8 Å². The van der Waals surface area contributed by atoms with E-state index in [-0.39, 0.29) is 11.8 Å². The van der Waals surface area contributed by atoms with Crippen molar-refractivity contribution < 1.29 is 19.1 Å². The summed E-state index contributed by atoms with van der Waals surface area (Å²) in [5, 5.41) is 2.87. The summed E-state index contributed by atoms with van der Waals surface area (Å²) >= 11 is 0. The summed E-state index contributed by atoms with van der Waals surface area (Å²) in [5.74, 6) is 0.930. The van der Waals surface area contributed by atoms with Gasteiger partial charge < -0.3 is 19.7 Å². The van der Waals surface area contributed by atoms with Gasteiger partial charge >= 0.3 is 0 Å². The number of likely N-dealkylation sites (tertiary alicyclic amines) is 1. The molecular formula is C25H28N2O4. The van der Waals surface area contributed by atoms with Crippen LogP contribution in [0.3, 0.4) is 0 Å². The highest BCUT2D eigenvalue weighted by Crippen LogP contribution is 2.28. The summed E-state index contributed by atoms with van der Waals surface area (Å²) in [6.07, 6.45) is 6.89. The van der Waals surface area contributed by atoms with Crippen LogP contribution in [0.1, 0.15) is 34.3 Å². The summed E-state index contributed by atoms with van der Waals surface area (Å²) in [4.78, 5) is 27.1. The second-order valence-electron chi connectivity index (χ2n) is 7.31. The summed E-state index contributed by atoms with van der Waals surface area (Å²) in [6, 6.07) is 10.8. The molecule has 0 spiro atoms. The van der Waals surface area contributed by atoms with E-state index in [0.29, 0.717) is 29.4 Å². The van der Waals surface area contributed by atoms with E-state index in [1.807, 2.05) is 24.0 Å². The van der Waals surface area contributed by atoms with E-state index in [4.69, 9.17) is 9.47 Å². The molecule has 1 fully saturated rings. The zero-order valence-corrected chi connectivity index (χ0v) is 18.0. The lowest BCUT2D eigenvalue weighted by molar-refractivity contribution is -0.111. The summed E-state index contributed by atoms with van der Waals surface area (Å²) in [5.41, 5.74) is 2.83. The Balaban J connectivity index is 1.69. The van der Waals surface area contributed by atoms with E-state index in [1.165, 1.54) is 6.08 Å². The number of carbonyl (C=O) groups excluding carboxylic acids is 2. The van der Waals surface area contributed by atoms with Crippen molar-refractivity contribution >= 4 is 23.6 Å². The third-order valence-electron chi connectivity index (χ3n) is 5.19. The first-order valence-corrected chi connectivity index (χ1v) is 10.3. The van der Waals surface area contributed by atoms with Gasteiger partial charge in [0.15, 0.2) is 11.5 Å². The molecule has 3 rings (SSSR count). The number of hydrogen-bond acceptors (Lipinski definition) is 4. The van der Waals surface area contributed by atoms with E-state index in [1.54, 1.807) is 43.5 Å². The molecule has 6 nitrogen and oxygen atoms in total. The Morgan fingerprint density at radius 2 is 1.94 bits per heavy atom. The Labute approximate surface area is 183 Å². The molecule has 1 aliphatic rings. The van der Waals surface area contributed by atoms with E-state index in [2.05, 4.69) is 11.9 Å². The highest BCUT2D eigenvalue weighted by molar-refractivity contribution is 6.04. The Morgan fingerprint density at radius 1 is 1.16 bits per heavy atom. The maximum absolute atomic E-state index is 12.7. The maximum atomic E-state index is 12.7. The zero-order valence-electron chi connectivity index (χ0n) is 18.0. The van der Waals surface area contributed by atoms with Crippen LogP contribution in [0, 0.1) is 6.92 Å². The molecule has 1 N–H and O–H groups in total. The van der Waals surface area contributed by atoms with Crippen molar-refractivity contribution in [3.63, 3.8) is 0 Å². The number of anilines is 1. The molecule has 162 valence electrons. The van der Waals surface area contributed by atoms with E-state index < -0.39 is 0 Å². The van der Waals surface area contributed by atoms with E-state index in [9.17, 15) is 9.59 Å². The lowest BCUT2D eigenvalue weighted by Crippen LogP contribution is -2.28. The van der Waals surface area contributed by atoms with Crippen molar-refractivity contribution in [3.8, 4) is 11.5 Å². The fourth-order valence-electron chi connectivity index (χ4n) is 3.50. The molecule has 2 aromatic rings. The lowest BCUT2D eigenvalue weighted by atomic mass is 10.1. The zero-order chi connectivity index (χ0) is 22.2. The fourth-order valence-corrected chi connectivity index (χ4v) is 3.50. The van der Waals surface area contributed by atoms with Gasteiger partial charge in [0.2, 0.25) is 5.91 Å². The van der Waals surface area contributed by atoms with Crippen LogP contribution in [-0.4, -0.2) is 43.5 Å². The Hall–Kier alpha value is -3.54. The van der Waals surface area contributed by atoms with Crippen molar-refractivity contribution in [1.29, 1.82) is 0 Å². The van der Waals surface area contributed by atoms with Gasteiger partial charge in [-0.1, -0.05) is 24.8 Å². The van der Waals surface area contributed by atoms with Gasteiger partial charge in [-0.15, -0.1) is 0 Å². The van der Waals surface area contributed by atoms with Crippen LogP contribution in [0.2, 0.25) is 0 Å². The number of carbonyl (C=O) groups is 2. The quantitative estimate of drug-likeness (QED) is 0.506. The molecule has 0 aromatic heterocycles. The molecule has 1 saturated heterocycles. The Morgan fingerprint density at radius 3 is 2.65 bits per heavy atom. The molecule has 2 amide bonds. The van der Waals surface area contributed by atoms with Gasteiger partial charge in [-0.05, 0) is 61.2 Å². The van der Waals surface area contributed by atoms with E-state index >= 15 is 0 Å². The monoisotopic (exact) mass is 420 g/mol. The van der Waals surface area contributed by atoms with Crippen LogP contribution >= 0.6 is 0 Å². The minimum atomic E-state index is -0.278. The van der Waals surface area contributed by atoms with E-state index in [0.717, 1.165) is 37.1 Å². The van der Waals surface area contributed by atoms with Crippen molar-refractivity contribution in [2.24, 2.45) is 0 Å². The van der Waals surface area contributed by atoms with Crippen LogP contribution in [0.4, 0.5) is 5.69 Å². The Kier molecular flexibility index (Phi) is 7.49. The van der Waals surface area contributed by atoms with Crippen LogP contribution in [0.25, 0.3) is 6.08 Å². The third kappa shape index (κ3) is 5.54. The van der Waals surface area contributed by atoms with Crippen LogP contribution < -0.4 is 14.8 Å². The third-order valence-corrected chi connectivity index (χ3v) is 5.19. The first-order valence-electron chi connectivity index (χ1n) is 10.3. The van der Waals surface area contributed by atoms with Crippen molar-refractivity contribution in [2.75, 3.05) is 32.1 Å². The predicted molar refractivity (Wildman–Crippen MR) is 123 cm³/mol. The molecule has 0 unspecified atom stereocenters. The number of ether oxygens (including phenoxy) is 2. The molecule has 0 aliphatic carbocycles. The largest absolute Gasteiger partial charge is 0.493 e. The van der Waals surface area contributed by atoms with Gasteiger partial charge in [-0.25, -0.2) is 0 Å². The maximum Gasteiger partial charge on any atom is 0.254 e. The van der Waals surface area contributed by atoms with Crippen LogP contribution in [0.15, 0.2) is 55.1 Å². The standard InChI is InChI=1S/C25H28N2O4/c1-4-16-31-22-12-10-19(17-23(22)30-3)11-13-24(28)26-21-9-7-8-20(18(21)2)25(29)27-14-5-6-15-27/h4,7-13,17H,1,5-6,14-16H2,2-3H3,(H,26,28)/b13-11+. The molecule has 1 heterocycles. The van der Waals surface area contributed by atoms with Crippen LogP contribution in [-0.2, 0) is 4.79 Å². The highest BCUT2D eigenvalue weighted by atomic mass is 16.5. The molecule has 1 aliphatic heterocycles. The minimum Gasteiger partial charge on any atom is -0.493 e. The number of hydrogen-bond donors (Lipinski definition) is 1. The second-order valence-corrected chi connectivity index (χ2v) is 7.31. The van der Waals surface area contributed by atoms with Gasteiger partial charge in [-0.3, -0.25) is 9.59 Å². The summed E-state index contributed by atoms with van der Waals surface area (Å²) in [7, 11) is 1.56. The van der Waals surface area contributed by atoms with Gasteiger partial charge in [0.25, 0.3) is 5.91 Å². The number of rotatable bonds is 8. The molecule has 6 heteroatoms. The molecule has 31 heavy (non-hydrogen) atoms. The number of nitrogens with zero attached hydrogens (tertiary/aromatic N) is 1. The molecule has 2 aromatic carbocycles. The smallest absolute Gasteiger partial charge is 0.254 e. The fraction of sp³-hybridized carbons (Fsp3) is 0.280.